The Bertz CT molecular complexity index is 812. The molecule has 1 aromatic carbocycles. The molecule has 0 spiro atoms. The van der Waals surface area contributed by atoms with Crippen LogP contribution in [0.4, 0.5) is 18.9 Å². The number of halogens is 4. The van der Waals surface area contributed by atoms with E-state index in [0.29, 0.717) is 15.6 Å². The summed E-state index contributed by atoms with van der Waals surface area (Å²) >= 11 is 6.93. The molecule has 134 valence electrons. The fourth-order valence-corrected chi connectivity index (χ4v) is 3.73. The van der Waals surface area contributed by atoms with Crippen LogP contribution in [-0.4, -0.2) is 55.0 Å². The average molecular weight is 393 g/mol. The van der Waals surface area contributed by atoms with Crippen LogP contribution in [0.2, 0.25) is 5.02 Å². The largest absolute Gasteiger partial charge is 0.465 e. The molecule has 0 aromatic heterocycles. The van der Waals surface area contributed by atoms with E-state index >= 15 is 0 Å². The molecule has 0 radical (unpaired) electrons. The summed E-state index contributed by atoms with van der Waals surface area (Å²) in [4.78, 5) is 22.7. The number of benzene rings is 1. The smallest absolute Gasteiger partial charge is 0.446 e. The van der Waals surface area contributed by atoms with E-state index in [1.54, 1.807) is 18.2 Å². The summed E-state index contributed by atoms with van der Waals surface area (Å²) in [5.74, 6) is -1.68. The third-order valence-corrected chi connectivity index (χ3v) is 4.78. The van der Waals surface area contributed by atoms with Gasteiger partial charge in [0.1, 0.15) is 0 Å². The number of alkyl halides is 3. The molecule has 25 heavy (non-hydrogen) atoms. The van der Waals surface area contributed by atoms with Crippen LogP contribution in [0.25, 0.3) is 0 Å². The predicted molar refractivity (Wildman–Crippen MR) is 89.1 cm³/mol. The second kappa shape index (κ2) is 5.80. The maximum absolute atomic E-state index is 13.7. The Balaban J connectivity index is 2.24. The van der Waals surface area contributed by atoms with E-state index in [-0.39, 0.29) is 11.1 Å². The van der Waals surface area contributed by atoms with Gasteiger partial charge < -0.3 is 9.64 Å². The minimum atomic E-state index is -5.06. The molecule has 0 aliphatic carbocycles. The van der Waals surface area contributed by atoms with Crippen LogP contribution in [-0.2, 0) is 9.53 Å². The first-order valence-electron chi connectivity index (χ1n) is 6.90. The number of fused-ring (bicyclic) bond motifs is 3. The van der Waals surface area contributed by atoms with Gasteiger partial charge in [0, 0.05) is 24.0 Å². The Morgan fingerprint density at radius 2 is 2.04 bits per heavy atom. The maximum atomic E-state index is 13.7. The zero-order valence-electron chi connectivity index (χ0n) is 13.3. The average Bonchev–Trinajstić information content (AvgIpc) is 2.88. The van der Waals surface area contributed by atoms with E-state index < -0.39 is 17.8 Å². The van der Waals surface area contributed by atoms with E-state index in [1.807, 2.05) is 0 Å². The van der Waals surface area contributed by atoms with Gasteiger partial charge in [-0.25, -0.2) is 14.8 Å². The number of nitrogens with zero attached hydrogens (tertiary/aromatic N) is 4. The lowest BCUT2D eigenvalue weighted by Crippen LogP contribution is -2.57. The zero-order valence-corrected chi connectivity index (χ0v) is 14.8. The molecule has 6 nitrogen and oxygen atoms in total. The van der Waals surface area contributed by atoms with Crippen LogP contribution < -0.4 is 4.90 Å². The van der Waals surface area contributed by atoms with Gasteiger partial charge in [-0.1, -0.05) is 11.6 Å². The van der Waals surface area contributed by atoms with E-state index in [4.69, 9.17) is 11.6 Å². The molecule has 0 amide bonds. The highest BCUT2D eigenvalue weighted by Gasteiger charge is 2.65. The number of rotatable bonds is 1. The Labute approximate surface area is 150 Å². The van der Waals surface area contributed by atoms with Gasteiger partial charge in [-0.15, -0.1) is 0 Å². The summed E-state index contributed by atoms with van der Waals surface area (Å²) in [6, 6.07) is 4.89. The van der Waals surface area contributed by atoms with Crippen molar-refractivity contribution in [3.63, 3.8) is 0 Å². The van der Waals surface area contributed by atoms with E-state index in [9.17, 15) is 18.0 Å². The molecule has 0 saturated heterocycles. The summed E-state index contributed by atoms with van der Waals surface area (Å²) in [5, 5.41) is 0.406. The molecule has 0 bridgehead atoms. The summed E-state index contributed by atoms with van der Waals surface area (Å²) in [6.07, 6.45) is -5.06. The van der Waals surface area contributed by atoms with E-state index in [2.05, 4.69) is 14.7 Å². The molecule has 0 N–H and O–H groups in total. The number of amidine groups is 1. The van der Waals surface area contributed by atoms with Crippen LogP contribution in [0, 0.1) is 0 Å². The fourth-order valence-electron chi connectivity index (χ4n) is 2.40. The van der Waals surface area contributed by atoms with E-state index in [0.717, 1.165) is 18.9 Å². The molecule has 3 rings (SSSR count). The second-order valence-corrected chi connectivity index (χ2v) is 6.86. The van der Waals surface area contributed by atoms with Crippen LogP contribution in [0.1, 0.15) is 0 Å². The summed E-state index contributed by atoms with van der Waals surface area (Å²) < 4.78 is 45.6. The van der Waals surface area contributed by atoms with Gasteiger partial charge in [-0.05, 0) is 30.0 Å². The minimum Gasteiger partial charge on any atom is -0.465 e. The summed E-state index contributed by atoms with van der Waals surface area (Å²) in [6.45, 7) is 0. The molecule has 2 aliphatic heterocycles. The number of guanidine groups is 1. The number of hydrogen-bond acceptors (Lipinski definition) is 7. The number of carbonyl (C=O) groups excluding carboxylic acids is 1. The standard InChI is InChI=1S/C14H12ClF3N4O2S/c1-21(2)11-19-13(10(23)24-3,14(16,17)18)20-12-22(11)8-5-4-7(15)6-9(8)25-12/h4-6H,1-3H3. The van der Waals surface area contributed by atoms with Crippen LogP contribution in [0.3, 0.4) is 0 Å². The Kier molecular flexibility index (Phi) is 4.15. The van der Waals surface area contributed by atoms with Crippen LogP contribution in [0.15, 0.2) is 33.1 Å². The molecule has 1 aromatic rings. The van der Waals surface area contributed by atoms with Crippen molar-refractivity contribution < 1.29 is 22.7 Å². The first kappa shape index (κ1) is 17.9. The molecular formula is C14H12ClF3N4O2S. The minimum absolute atomic E-state index is 0.0290. The molecule has 0 saturated carbocycles. The molecule has 2 aliphatic rings. The number of thioether (sulfide) groups is 1. The highest BCUT2D eigenvalue weighted by atomic mass is 35.5. The number of esters is 1. The predicted octanol–water partition coefficient (Wildman–Crippen LogP) is 2.97. The van der Waals surface area contributed by atoms with Gasteiger partial charge in [0.25, 0.3) is 0 Å². The van der Waals surface area contributed by atoms with Crippen molar-refractivity contribution in [1.29, 1.82) is 0 Å². The quantitative estimate of drug-likeness (QED) is 0.688. The van der Waals surface area contributed by atoms with Crippen molar-refractivity contribution in [2.75, 3.05) is 26.1 Å². The lowest BCUT2D eigenvalue weighted by molar-refractivity contribution is -0.201. The SMILES string of the molecule is COC(=O)C1(C(F)(F)F)N=C2Sc3cc(Cl)ccc3N2C(N(C)C)=N1. The first-order chi connectivity index (χ1) is 11.6. The number of aliphatic imine (C=N–C) groups is 2. The second-order valence-electron chi connectivity index (χ2n) is 5.41. The van der Waals surface area contributed by atoms with Gasteiger partial charge in [0.15, 0.2) is 5.17 Å². The number of methoxy groups -OCH3 is 1. The third kappa shape index (κ3) is 2.63. The molecular weight excluding hydrogens is 381 g/mol. The summed E-state index contributed by atoms with van der Waals surface area (Å²) in [7, 11) is 3.92. The highest BCUT2D eigenvalue weighted by Crippen LogP contribution is 2.47. The van der Waals surface area contributed by atoms with Crippen LogP contribution >= 0.6 is 23.4 Å². The van der Waals surface area contributed by atoms with Crippen molar-refractivity contribution in [1.82, 2.24) is 4.90 Å². The molecule has 0 fully saturated rings. The summed E-state index contributed by atoms with van der Waals surface area (Å²) in [5.41, 5.74) is -2.76. The lowest BCUT2D eigenvalue weighted by atomic mass is 10.1. The van der Waals surface area contributed by atoms with Crippen molar-refractivity contribution in [2.24, 2.45) is 9.98 Å². The van der Waals surface area contributed by atoms with Gasteiger partial charge in [-0.3, -0.25) is 4.90 Å². The van der Waals surface area contributed by atoms with Crippen molar-refractivity contribution in [2.45, 2.75) is 16.7 Å². The Morgan fingerprint density at radius 3 is 2.60 bits per heavy atom. The van der Waals surface area contributed by atoms with Gasteiger partial charge in [0.05, 0.1) is 12.8 Å². The number of hydrogen-bond donors (Lipinski definition) is 0. The highest BCUT2D eigenvalue weighted by molar-refractivity contribution is 8.15. The Hall–Kier alpha value is -1.94. The first-order valence-corrected chi connectivity index (χ1v) is 8.10. The Morgan fingerprint density at radius 1 is 1.36 bits per heavy atom. The third-order valence-electron chi connectivity index (χ3n) is 3.54. The topological polar surface area (TPSA) is 57.5 Å². The molecule has 1 atom stereocenters. The monoisotopic (exact) mass is 392 g/mol. The molecule has 11 heteroatoms. The molecule has 1 unspecified atom stereocenters. The lowest BCUT2D eigenvalue weighted by Gasteiger charge is -2.36. The van der Waals surface area contributed by atoms with Crippen molar-refractivity contribution >= 4 is 46.1 Å². The van der Waals surface area contributed by atoms with Gasteiger partial charge in [0.2, 0.25) is 5.96 Å². The van der Waals surface area contributed by atoms with Gasteiger partial charge in [-0.2, -0.15) is 13.2 Å². The van der Waals surface area contributed by atoms with Crippen LogP contribution in [0.5, 0.6) is 0 Å². The number of carbonyl (C=O) groups is 1. The van der Waals surface area contributed by atoms with Crippen molar-refractivity contribution in [3.05, 3.63) is 23.2 Å². The zero-order chi connectivity index (χ0) is 18.6. The number of ether oxygens (including phenoxy) is 1. The van der Waals surface area contributed by atoms with E-state index in [1.165, 1.54) is 23.9 Å². The van der Waals surface area contributed by atoms with Crippen molar-refractivity contribution in [3.8, 4) is 0 Å². The van der Waals surface area contributed by atoms with Gasteiger partial charge >= 0.3 is 17.8 Å². The number of anilines is 1. The fraction of sp³-hybridized carbons (Fsp3) is 0.357. The molecule has 2 heterocycles. The maximum Gasteiger partial charge on any atom is 0.446 e. The normalized spacial score (nSPS) is 22.0.